The molecular formula is C23H27N5O5S. The summed E-state index contributed by atoms with van der Waals surface area (Å²) in [5.74, 6) is 0.276. The lowest BCUT2D eigenvalue weighted by Crippen LogP contribution is -2.28. The summed E-state index contributed by atoms with van der Waals surface area (Å²) >= 11 is 0. The zero-order chi connectivity index (χ0) is 24.1. The Morgan fingerprint density at radius 1 is 1.24 bits per heavy atom. The van der Waals surface area contributed by atoms with Crippen LogP contribution >= 0.6 is 0 Å². The first-order valence-corrected chi connectivity index (χ1v) is 12.6. The Balaban J connectivity index is 1.53. The van der Waals surface area contributed by atoms with E-state index in [0.29, 0.717) is 30.1 Å². The minimum atomic E-state index is -3.67. The predicted molar refractivity (Wildman–Crippen MR) is 125 cm³/mol. The molecule has 10 nitrogen and oxygen atoms in total. The highest BCUT2D eigenvalue weighted by molar-refractivity contribution is 7.89. The Hall–Kier alpha value is -3.31. The van der Waals surface area contributed by atoms with Gasteiger partial charge >= 0.3 is 5.97 Å². The van der Waals surface area contributed by atoms with Crippen molar-refractivity contribution in [2.45, 2.75) is 43.4 Å². The van der Waals surface area contributed by atoms with E-state index in [0.717, 1.165) is 31.2 Å². The van der Waals surface area contributed by atoms with Gasteiger partial charge in [0.15, 0.2) is 5.82 Å². The van der Waals surface area contributed by atoms with Gasteiger partial charge < -0.3 is 4.74 Å². The molecule has 1 fully saturated rings. The third kappa shape index (κ3) is 5.26. The Bertz CT molecular complexity index is 1310. The number of nitrogens with one attached hydrogen (secondary N) is 2. The number of pyridine rings is 2. The molecule has 1 aliphatic carbocycles. The summed E-state index contributed by atoms with van der Waals surface area (Å²) in [5.41, 5.74) is 1.12. The van der Waals surface area contributed by atoms with E-state index in [1.54, 1.807) is 18.3 Å². The molecule has 0 spiro atoms. The van der Waals surface area contributed by atoms with Gasteiger partial charge in [0.2, 0.25) is 10.0 Å². The second-order valence-electron chi connectivity index (χ2n) is 8.27. The molecule has 0 saturated heterocycles. The highest BCUT2D eigenvalue weighted by atomic mass is 32.2. The molecule has 3 aromatic heterocycles. The van der Waals surface area contributed by atoms with E-state index in [1.165, 1.54) is 36.3 Å². The Morgan fingerprint density at radius 3 is 2.74 bits per heavy atom. The number of aromatic amines is 1. The van der Waals surface area contributed by atoms with Crippen molar-refractivity contribution in [3.63, 3.8) is 0 Å². The van der Waals surface area contributed by atoms with Crippen LogP contribution in [-0.2, 0) is 26.0 Å². The number of rotatable bonds is 9. The molecule has 0 atom stereocenters. The first-order chi connectivity index (χ1) is 16.4. The van der Waals surface area contributed by atoms with Crippen LogP contribution in [-0.4, -0.2) is 47.8 Å². The number of methoxy groups -OCH3 is 1. The van der Waals surface area contributed by atoms with E-state index in [-0.39, 0.29) is 28.7 Å². The van der Waals surface area contributed by atoms with Gasteiger partial charge in [-0.15, -0.1) is 0 Å². The molecule has 0 unspecified atom stereocenters. The summed E-state index contributed by atoms with van der Waals surface area (Å²) in [6.07, 6.45) is 9.23. The largest absolute Gasteiger partial charge is 0.469 e. The monoisotopic (exact) mass is 485 g/mol. The summed E-state index contributed by atoms with van der Waals surface area (Å²) in [5, 5.41) is 2.86. The number of esters is 1. The van der Waals surface area contributed by atoms with Crippen molar-refractivity contribution >= 4 is 16.0 Å². The van der Waals surface area contributed by atoms with Crippen LogP contribution in [0.2, 0.25) is 0 Å². The van der Waals surface area contributed by atoms with E-state index < -0.39 is 10.0 Å². The van der Waals surface area contributed by atoms with Gasteiger partial charge in [-0.2, -0.15) is 0 Å². The summed E-state index contributed by atoms with van der Waals surface area (Å²) in [4.78, 5) is 33.2. The third-order valence-electron chi connectivity index (χ3n) is 6.04. The quantitative estimate of drug-likeness (QED) is 0.443. The lowest BCUT2D eigenvalue weighted by Gasteiger charge is -2.11. The minimum Gasteiger partial charge on any atom is -0.469 e. The van der Waals surface area contributed by atoms with Crippen LogP contribution in [0.5, 0.6) is 0 Å². The number of sulfonamides is 1. The maximum atomic E-state index is 13.1. The first-order valence-electron chi connectivity index (χ1n) is 11.2. The lowest BCUT2D eigenvalue weighted by atomic mass is 10.0. The van der Waals surface area contributed by atoms with Crippen LogP contribution in [0.4, 0.5) is 0 Å². The number of hydrogen-bond acceptors (Lipinski definition) is 7. The molecule has 2 N–H and O–H groups in total. The van der Waals surface area contributed by atoms with Crippen molar-refractivity contribution in [2.75, 3.05) is 13.7 Å². The molecule has 3 heterocycles. The van der Waals surface area contributed by atoms with Crippen LogP contribution in [0.3, 0.4) is 0 Å². The average molecular weight is 486 g/mol. The summed E-state index contributed by atoms with van der Waals surface area (Å²) in [6.45, 7) is 0.423. The second kappa shape index (κ2) is 10.3. The van der Waals surface area contributed by atoms with E-state index in [9.17, 15) is 18.0 Å². The summed E-state index contributed by atoms with van der Waals surface area (Å²) in [6, 6.07) is 6.44. The molecule has 11 heteroatoms. The topological polar surface area (TPSA) is 136 Å². The van der Waals surface area contributed by atoms with E-state index in [2.05, 4.69) is 19.8 Å². The van der Waals surface area contributed by atoms with Crippen molar-refractivity contribution in [3.05, 3.63) is 58.8 Å². The fourth-order valence-electron chi connectivity index (χ4n) is 4.12. The first kappa shape index (κ1) is 23.8. The molecule has 0 aromatic carbocycles. The molecule has 1 aliphatic rings. The molecule has 4 rings (SSSR count). The molecule has 1 saturated carbocycles. The number of aromatic nitrogens is 4. The van der Waals surface area contributed by atoms with Crippen molar-refractivity contribution in [1.82, 2.24) is 24.5 Å². The molecule has 3 aromatic rings. The Morgan fingerprint density at radius 2 is 2.03 bits per heavy atom. The maximum absolute atomic E-state index is 13.1. The molecule has 0 radical (unpaired) electrons. The zero-order valence-corrected chi connectivity index (χ0v) is 19.7. The van der Waals surface area contributed by atoms with Crippen LogP contribution in [0, 0.1) is 5.92 Å². The molecule has 0 aliphatic heterocycles. The highest BCUT2D eigenvalue weighted by Crippen LogP contribution is 2.24. The molecule has 0 bridgehead atoms. The molecule has 180 valence electrons. The lowest BCUT2D eigenvalue weighted by molar-refractivity contribution is -0.140. The van der Waals surface area contributed by atoms with Gasteiger partial charge in [0, 0.05) is 31.6 Å². The van der Waals surface area contributed by atoms with Crippen molar-refractivity contribution < 1.29 is 17.9 Å². The number of carbonyl (C=O) groups is 1. The number of hydrogen-bond donors (Lipinski definition) is 2. The van der Waals surface area contributed by atoms with Crippen LogP contribution in [0.15, 0.2) is 52.5 Å². The van der Waals surface area contributed by atoms with Crippen LogP contribution in [0.1, 0.15) is 37.7 Å². The highest BCUT2D eigenvalue weighted by Gasteiger charge is 2.21. The van der Waals surface area contributed by atoms with Gasteiger partial charge in [-0.1, -0.05) is 18.9 Å². The van der Waals surface area contributed by atoms with E-state index >= 15 is 0 Å². The molecule has 0 amide bonds. The summed E-state index contributed by atoms with van der Waals surface area (Å²) in [7, 11) is -2.35. The normalized spacial score (nSPS) is 14.4. The molecule has 34 heavy (non-hydrogen) atoms. The van der Waals surface area contributed by atoms with Gasteiger partial charge in [-0.3, -0.25) is 19.7 Å². The smallest absolute Gasteiger partial charge is 0.305 e. The fraction of sp³-hybridized carbons (Fsp3) is 0.391. The van der Waals surface area contributed by atoms with Gasteiger partial charge in [0.05, 0.1) is 18.4 Å². The van der Waals surface area contributed by atoms with Gasteiger partial charge in [0.25, 0.3) is 5.56 Å². The fourth-order valence-corrected chi connectivity index (χ4v) is 5.18. The minimum absolute atomic E-state index is 0.0453. The second-order valence-corrected chi connectivity index (χ2v) is 10.0. The SMILES string of the molecule is COC(=O)CCc1cccnc1-c1c[nH]n(-c2ccc(S(=O)(=O)NCC3CCCC3)cn2)c1=O. The number of nitrogens with zero attached hydrogens (tertiary/aromatic N) is 3. The van der Waals surface area contributed by atoms with Crippen molar-refractivity contribution in [1.29, 1.82) is 0 Å². The summed E-state index contributed by atoms with van der Waals surface area (Å²) < 4.78 is 33.8. The average Bonchev–Trinajstić information content (AvgIpc) is 3.51. The van der Waals surface area contributed by atoms with E-state index in [1.807, 2.05) is 0 Å². The molecular weight excluding hydrogens is 458 g/mol. The van der Waals surface area contributed by atoms with Crippen LogP contribution in [0.25, 0.3) is 17.1 Å². The van der Waals surface area contributed by atoms with Crippen molar-refractivity contribution in [3.8, 4) is 17.1 Å². The number of carbonyl (C=O) groups excluding carboxylic acids is 1. The predicted octanol–water partition coefficient (Wildman–Crippen LogP) is 2.20. The number of H-pyrrole nitrogens is 1. The number of aryl methyl sites for hydroxylation is 1. The van der Waals surface area contributed by atoms with Gasteiger partial charge in [-0.05, 0) is 48.9 Å². The zero-order valence-electron chi connectivity index (χ0n) is 18.9. The van der Waals surface area contributed by atoms with Gasteiger partial charge in [0.1, 0.15) is 4.90 Å². The Labute approximate surface area is 197 Å². The third-order valence-corrected chi connectivity index (χ3v) is 7.45. The maximum Gasteiger partial charge on any atom is 0.305 e. The van der Waals surface area contributed by atoms with Gasteiger partial charge in [-0.25, -0.2) is 22.8 Å². The standard InChI is InChI=1S/C23H27N5O5S/c1-33-21(29)11-8-17-7-4-12-24-22(17)19-15-26-28(23(19)30)20-10-9-18(14-25-20)34(31,32)27-13-16-5-2-3-6-16/h4,7,9-10,12,14-16,26-27H,2-3,5-6,8,11,13H2,1H3. The number of ether oxygens (including phenoxy) is 1. The van der Waals surface area contributed by atoms with Crippen LogP contribution < -0.4 is 10.3 Å². The van der Waals surface area contributed by atoms with E-state index in [4.69, 9.17) is 4.74 Å². The van der Waals surface area contributed by atoms with Crippen molar-refractivity contribution in [2.24, 2.45) is 5.92 Å². The Kier molecular flexibility index (Phi) is 7.23.